The number of nitro groups is 1. The van der Waals surface area contributed by atoms with E-state index in [0.29, 0.717) is 21.4 Å². The fourth-order valence-electron chi connectivity index (χ4n) is 2.88. The normalized spacial score (nSPS) is 18.0. The van der Waals surface area contributed by atoms with Crippen LogP contribution in [-0.2, 0) is 4.79 Å². The third kappa shape index (κ3) is 3.31. The Balaban J connectivity index is 1.90. The van der Waals surface area contributed by atoms with Gasteiger partial charge in [0.1, 0.15) is 10.6 Å². The summed E-state index contributed by atoms with van der Waals surface area (Å²) in [4.78, 5) is 27.9. The van der Waals surface area contributed by atoms with Gasteiger partial charge in [-0.25, -0.2) is 10.0 Å². The first-order chi connectivity index (χ1) is 13.5. The van der Waals surface area contributed by atoms with E-state index in [4.69, 9.17) is 4.42 Å². The maximum Gasteiger partial charge on any atom is 0.433 e. The molecule has 28 heavy (non-hydrogen) atoms. The molecule has 2 aliphatic heterocycles. The minimum absolute atomic E-state index is 0.232. The summed E-state index contributed by atoms with van der Waals surface area (Å²) >= 11 is 4.84. The molecule has 3 heterocycles. The van der Waals surface area contributed by atoms with Gasteiger partial charge in [0.15, 0.2) is 10.9 Å². The number of hydrazone groups is 1. The van der Waals surface area contributed by atoms with Crippen LogP contribution in [-0.4, -0.2) is 26.8 Å². The maximum absolute atomic E-state index is 12.9. The molecule has 1 N–H and O–H groups in total. The van der Waals surface area contributed by atoms with E-state index in [9.17, 15) is 14.9 Å². The summed E-state index contributed by atoms with van der Waals surface area (Å²) in [5.74, 6) is 0.322. The highest BCUT2D eigenvalue weighted by atomic mass is 79.9. The summed E-state index contributed by atoms with van der Waals surface area (Å²) in [6.45, 7) is 2.03. The summed E-state index contributed by atoms with van der Waals surface area (Å²) in [6, 6.07) is 8.12. The van der Waals surface area contributed by atoms with Crippen molar-refractivity contribution in [3.63, 3.8) is 0 Å². The molecule has 0 saturated heterocycles. The van der Waals surface area contributed by atoms with Crippen molar-refractivity contribution in [1.29, 1.82) is 0 Å². The molecular formula is C17H14BrN5O4S. The Morgan fingerprint density at radius 3 is 2.93 bits per heavy atom. The van der Waals surface area contributed by atoms with Crippen molar-refractivity contribution >= 4 is 50.3 Å². The Labute approximate surface area is 171 Å². The number of hydrogen-bond acceptors (Lipinski definition) is 8. The number of benzene rings is 1. The molecule has 11 heteroatoms. The summed E-state index contributed by atoms with van der Waals surface area (Å²) in [5.41, 5.74) is 0.316. The van der Waals surface area contributed by atoms with Gasteiger partial charge < -0.3 is 4.42 Å². The molecule has 2 aliphatic rings. The molecule has 0 radical (unpaired) electrons. The Kier molecular flexibility index (Phi) is 4.94. The number of fused-ring (bicyclic) bond motifs is 2. The van der Waals surface area contributed by atoms with Crippen LogP contribution in [0.4, 0.5) is 5.88 Å². The van der Waals surface area contributed by atoms with Gasteiger partial charge in [-0.2, -0.15) is 0 Å². The lowest BCUT2D eigenvalue weighted by molar-refractivity contribution is -0.402. The lowest BCUT2D eigenvalue weighted by Gasteiger charge is -2.32. The number of furan rings is 1. The molecule has 0 unspecified atom stereocenters. The number of hydrogen-bond donors (Lipinski definition) is 1. The lowest BCUT2D eigenvalue weighted by atomic mass is 10.1. The molecule has 0 fully saturated rings. The molecule has 1 atom stereocenters. The molecule has 2 aromatic rings. The number of amides is 1. The van der Waals surface area contributed by atoms with Crippen LogP contribution in [0.1, 0.15) is 25.3 Å². The first kappa shape index (κ1) is 18.7. The van der Waals surface area contributed by atoms with Crippen LogP contribution in [0.2, 0.25) is 0 Å². The van der Waals surface area contributed by atoms with Gasteiger partial charge in [0.2, 0.25) is 6.17 Å². The molecule has 0 saturated carbocycles. The van der Waals surface area contributed by atoms with Gasteiger partial charge >= 0.3 is 5.88 Å². The number of carbonyl (C=O) groups excluding carboxylic acids is 1. The zero-order valence-electron chi connectivity index (χ0n) is 14.6. The second-order valence-corrected chi connectivity index (χ2v) is 8.00. The second kappa shape index (κ2) is 7.40. The van der Waals surface area contributed by atoms with Crippen LogP contribution < -0.4 is 15.9 Å². The number of nitrogens with zero attached hydrogens (tertiary/aromatic N) is 4. The van der Waals surface area contributed by atoms with Gasteiger partial charge in [0.25, 0.3) is 5.91 Å². The van der Waals surface area contributed by atoms with Crippen LogP contribution in [0.5, 0.6) is 0 Å². The molecule has 0 aliphatic carbocycles. The molecule has 1 amide bonds. The van der Waals surface area contributed by atoms with E-state index in [2.05, 4.69) is 31.3 Å². The number of nitrogens with one attached hydrogen (secondary N) is 1. The summed E-state index contributed by atoms with van der Waals surface area (Å²) in [6.07, 6.45) is 0.102. The number of rotatable bonds is 4. The Bertz CT molecular complexity index is 1130. The summed E-state index contributed by atoms with van der Waals surface area (Å²) < 4.78 is 6.15. The molecule has 0 bridgehead atoms. The SMILES string of the molecule is CCCSC1=NN2C(=c3cc(Br)ccc3=N[C@H]2c2ccc([N+](=O)[O-])o2)C(=O)N1. The van der Waals surface area contributed by atoms with E-state index in [1.807, 2.05) is 13.0 Å². The summed E-state index contributed by atoms with van der Waals surface area (Å²) in [5, 5.41) is 21.5. The first-order valence-corrected chi connectivity index (χ1v) is 10.2. The Hall–Kier alpha value is -2.66. The van der Waals surface area contributed by atoms with Crippen molar-refractivity contribution in [2.24, 2.45) is 10.1 Å². The molecule has 0 spiro atoms. The van der Waals surface area contributed by atoms with E-state index in [0.717, 1.165) is 16.6 Å². The molecule has 1 aromatic carbocycles. The highest BCUT2D eigenvalue weighted by molar-refractivity contribution is 9.10. The van der Waals surface area contributed by atoms with Crippen molar-refractivity contribution in [2.75, 3.05) is 5.75 Å². The average Bonchev–Trinajstić information content (AvgIpc) is 3.15. The quantitative estimate of drug-likeness (QED) is 0.549. The van der Waals surface area contributed by atoms with E-state index < -0.39 is 11.1 Å². The van der Waals surface area contributed by atoms with E-state index in [1.54, 1.807) is 12.1 Å². The summed E-state index contributed by atoms with van der Waals surface area (Å²) in [7, 11) is 0. The van der Waals surface area contributed by atoms with Crippen LogP contribution in [0.25, 0.3) is 5.70 Å². The molecule has 1 aromatic heterocycles. The van der Waals surface area contributed by atoms with E-state index >= 15 is 0 Å². The van der Waals surface area contributed by atoms with Crippen molar-refractivity contribution in [3.8, 4) is 0 Å². The Morgan fingerprint density at radius 1 is 1.39 bits per heavy atom. The highest BCUT2D eigenvalue weighted by Gasteiger charge is 2.36. The van der Waals surface area contributed by atoms with Crippen LogP contribution >= 0.6 is 27.7 Å². The molecular weight excluding hydrogens is 450 g/mol. The third-order valence-electron chi connectivity index (χ3n) is 4.06. The first-order valence-electron chi connectivity index (χ1n) is 8.41. The van der Waals surface area contributed by atoms with Gasteiger partial charge in [-0.15, -0.1) is 5.10 Å². The maximum atomic E-state index is 12.9. The van der Waals surface area contributed by atoms with Gasteiger partial charge in [-0.1, -0.05) is 34.6 Å². The number of thioether (sulfide) groups is 1. The topological polar surface area (TPSA) is 113 Å². The van der Waals surface area contributed by atoms with E-state index in [1.165, 1.54) is 28.9 Å². The minimum atomic E-state index is -0.819. The van der Waals surface area contributed by atoms with Crippen molar-refractivity contribution in [3.05, 3.63) is 61.3 Å². The van der Waals surface area contributed by atoms with Crippen LogP contribution in [0.3, 0.4) is 0 Å². The van der Waals surface area contributed by atoms with Gasteiger partial charge in [0.05, 0.1) is 11.4 Å². The van der Waals surface area contributed by atoms with Gasteiger partial charge in [-0.05, 0) is 30.7 Å². The molecule has 144 valence electrons. The van der Waals surface area contributed by atoms with Crippen molar-refractivity contribution < 1.29 is 14.1 Å². The monoisotopic (exact) mass is 463 g/mol. The van der Waals surface area contributed by atoms with Gasteiger partial charge in [-0.3, -0.25) is 20.2 Å². The number of carbonyl (C=O) groups is 1. The van der Waals surface area contributed by atoms with Gasteiger partial charge in [0, 0.05) is 15.4 Å². The highest BCUT2D eigenvalue weighted by Crippen LogP contribution is 2.33. The molecule has 9 nitrogen and oxygen atoms in total. The van der Waals surface area contributed by atoms with Crippen molar-refractivity contribution in [1.82, 2.24) is 10.3 Å². The smallest absolute Gasteiger partial charge is 0.401 e. The molecule has 4 rings (SSSR count). The number of amidine groups is 1. The van der Waals surface area contributed by atoms with E-state index in [-0.39, 0.29) is 17.6 Å². The Morgan fingerprint density at radius 2 is 2.21 bits per heavy atom. The zero-order valence-corrected chi connectivity index (χ0v) is 17.0. The van der Waals surface area contributed by atoms with Crippen LogP contribution in [0.15, 0.2) is 49.3 Å². The van der Waals surface area contributed by atoms with Crippen LogP contribution in [0, 0.1) is 10.1 Å². The standard InChI is InChI=1S/C17H14BrN5O4S/c1-2-7-28-17-20-16(24)14-10-8-9(18)3-4-11(10)19-15(22(14)21-17)12-5-6-13(27-12)23(25)26/h3-6,8,15H,2,7H2,1H3,(H,20,21,24)/t15-/m1/s1. The predicted molar refractivity (Wildman–Crippen MR) is 107 cm³/mol. The van der Waals surface area contributed by atoms with Crippen molar-refractivity contribution in [2.45, 2.75) is 19.5 Å². The average molecular weight is 464 g/mol. The number of halogens is 1. The predicted octanol–water partition coefficient (Wildman–Crippen LogP) is 2.24. The fraction of sp³-hybridized carbons (Fsp3) is 0.235. The zero-order chi connectivity index (χ0) is 19.8. The second-order valence-electron chi connectivity index (χ2n) is 6.00. The minimum Gasteiger partial charge on any atom is -0.401 e. The largest absolute Gasteiger partial charge is 0.433 e. The third-order valence-corrected chi connectivity index (χ3v) is 5.62. The lowest BCUT2D eigenvalue weighted by Crippen LogP contribution is -2.50. The fourth-order valence-corrected chi connectivity index (χ4v) is 3.95.